The Bertz CT molecular complexity index is 1600. The zero-order chi connectivity index (χ0) is 25.8. The number of hydrazone groups is 1. The molecule has 37 heavy (non-hydrogen) atoms. The Morgan fingerprint density at radius 3 is 2.41 bits per heavy atom. The van der Waals surface area contributed by atoms with Gasteiger partial charge in [-0.05, 0) is 55.0 Å². The van der Waals surface area contributed by atoms with Crippen molar-refractivity contribution in [2.45, 2.75) is 13.5 Å². The molecule has 0 saturated heterocycles. The van der Waals surface area contributed by atoms with Gasteiger partial charge in [0.2, 0.25) is 0 Å². The Labute approximate surface area is 214 Å². The van der Waals surface area contributed by atoms with E-state index in [4.69, 9.17) is 4.74 Å². The van der Waals surface area contributed by atoms with Crippen molar-refractivity contribution in [1.82, 2.24) is 14.6 Å². The van der Waals surface area contributed by atoms with Crippen molar-refractivity contribution in [3.8, 4) is 16.9 Å². The highest BCUT2D eigenvalue weighted by Crippen LogP contribution is 2.26. The molecule has 0 saturated carbocycles. The van der Waals surface area contributed by atoms with Gasteiger partial charge in [0.15, 0.2) is 0 Å². The number of hydrogen-bond donors (Lipinski definition) is 1. The average Bonchev–Trinajstić information content (AvgIpc) is 3.49. The molecule has 1 N–H and O–H groups in total. The second-order valence-electron chi connectivity index (χ2n) is 8.61. The molecule has 0 aliphatic heterocycles. The fourth-order valence-corrected chi connectivity index (χ4v) is 4.41. The van der Waals surface area contributed by atoms with Gasteiger partial charge in [0.25, 0.3) is 5.91 Å². The first kappa shape index (κ1) is 23.8. The van der Waals surface area contributed by atoms with Gasteiger partial charge in [0.1, 0.15) is 6.54 Å². The van der Waals surface area contributed by atoms with E-state index >= 15 is 0 Å². The average molecular weight is 491 g/mol. The Balaban J connectivity index is 1.32. The van der Waals surface area contributed by atoms with E-state index in [9.17, 15) is 9.59 Å². The fraction of sp³-hybridized carbons (Fsp3) is 0.100. The number of nitrogens with zero attached hydrogens (tertiary/aromatic N) is 3. The Morgan fingerprint density at radius 1 is 0.919 bits per heavy atom. The SMILES string of the molecule is COC(=O)Cn1cc(/C=N/NC(=O)c2ccc(-n3c(C)ccc3-c3ccccc3)cc2)c2ccccc21. The number of carbonyl (C=O) groups excluding carboxylic acids is 2. The molecular weight excluding hydrogens is 464 g/mol. The second-order valence-corrected chi connectivity index (χ2v) is 8.61. The maximum Gasteiger partial charge on any atom is 0.325 e. The number of methoxy groups -OCH3 is 1. The van der Waals surface area contributed by atoms with E-state index in [-0.39, 0.29) is 18.4 Å². The first-order chi connectivity index (χ1) is 18.0. The predicted octanol–water partition coefficient (Wildman–Crippen LogP) is 5.34. The highest BCUT2D eigenvalue weighted by molar-refractivity contribution is 6.01. The van der Waals surface area contributed by atoms with Crippen molar-refractivity contribution in [3.63, 3.8) is 0 Å². The lowest BCUT2D eigenvalue weighted by Crippen LogP contribution is -2.17. The molecule has 184 valence electrons. The first-order valence-corrected chi connectivity index (χ1v) is 11.9. The topological polar surface area (TPSA) is 77.6 Å². The van der Waals surface area contributed by atoms with Gasteiger partial charge in [-0.25, -0.2) is 5.43 Å². The van der Waals surface area contributed by atoms with Gasteiger partial charge in [-0.15, -0.1) is 0 Å². The van der Waals surface area contributed by atoms with Crippen molar-refractivity contribution >= 4 is 29.0 Å². The lowest BCUT2D eigenvalue weighted by Gasteiger charge is -2.12. The summed E-state index contributed by atoms with van der Waals surface area (Å²) in [5.41, 5.74) is 9.05. The largest absolute Gasteiger partial charge is 0.468 e. The summed E-state index contributed by atoms with van der Waals surface area (Å²) in [6.07, 6.45) is 3.40. The van der Waals surface area contributed by atoms with Gasteiger partial charge in [-0.3, -0.25) is 9.59 Å². The van der Waals surface area contributed by atoms with Crippen LogP contribution in [0.5, 0.6) is 0 Å². The summed E-state index contributed by atoms with van der Waals surface area (Å²) < 4.78 is 8.76. The highest BCUT2D eigenvalue weighted by atomic mass is 16.5. The second kappa shape index (κ2) is 10.4. The van der Waals surface area contributed by atoms with Crippen LogP contribution in [-0.4, -0.2) is 34.3 Å². The molecule has 0 bridgehead atoms. The molecule has 3 aromatic carbocycles. The molecule has 0 unspecified atom stereocenters. The standard InChI is InChI=1S/C30H26N4O3/c1-21-12-17-27(22-8-4-3-5-9-22)34(21)25-15-13-23(14-16-25)30(36)32-31-18-24-19-33(20-29(35)37-2)28-11-7-6-10-26(24)28/h3-19H,20H2,1-2H3,(H,32,36)/b31-18+. The minimum absolute atomic E-state index is 0.0937. The van der Waals surface area contributed by atoms with Gasteiger partial charge in [-0.1, -0.05) is 48.5 Å². The molecule has 5 aromatic rings. The van der Waals surface area contributed by atoms with Gasteiger partial charge >= 0.3 is 5.97 Å². The number of carbonyl (C=O) groups is 2. The summed E-state index contributed by atoms with van der Waals surface area (Å²) in [5, 5.41) is 5.08. The molecule has 0 aliphatic carbocycles. The number of esters is 1. The maximum absolute atomic E-state index is 12.7. The van der Waals surface area contributed by atoms with Crippen LogP contribution in [0.15, 0.2) is 102 Å². The number of para-hydroxylation sites is 1. The summed E-state index contributed by atoms with van der Waals surface area (Å²) in [6, 6.07) is 29.5. The number of hydrogen-bond acceptors (Lipinski definition) is 4. The fourth-order valence-electron chi connectivity index (χ4n) is 4.41. The number of benzene rings is 3. The minimum Gasteiger partial charge on any atom is -0.468 e. The zero-order valence-corrected chi connectivity index (χ0v) is 20.6. The maximum atomic E-state index is 12.7. The Morgan fingerprint density at radius 2 is 1.65 bits per heavy atom. The molecule has 7 heteroatoms. The lowest BCUT2D eigenvalue weighted by molar-refractivity contribution is -0.141. The van der Waals surface area contributed by atoms with Crippen molar-refractivity contribution in [2.24, 2.45) is 5.10 Å². The highest BCUT2D eigenvalue weighted by Gasteiger charge is 2.12. The van der Waals surface area contributed by atoms with Crippen LogP contribution >= 0.6 is 0 Å². The zero-order valence-electron chi connectivity index (χ0n) is 20.6. The molecule has 7 nitrogen and oxygen atoms in total. The normalized spacial score (nSPS) is 11.2. The van der Waals surface area contributed by atoms with Crippen molar-refractivity contribution in [2.75, 3.05) is 7.11 Å². The number of aromatic nitrogens is 2. The quantitative estimate of drug-likeness (QED) is 0.190. The van der Waals surface area contributed by atoms with Crippen LogP contribution in [0.2, 0.25) is 0 Å². The molecule has 0 aliphatic rings. The summed E-state index contributed by atoms with van der Waals surface area (Å²) >= 11 is 0. The minimum atomic E-state index is -0.341. The number of ether oxygens (including phenoxy) is 1. The predicted molar refractivity (Wildman–Crippen MR) is 145 cm³/mol. The third kappa shape index (κ3) is 4.92. The molecule has 0 atom stereocenters. The molecule has 2 aromatic heterocycles. The van der Waals surface area contributed by atoms with Crippen molar-refractivity contribution in [1.29, 1.82) is 0 Å². The molecule has 5 rings (SSSR count). The van der Waals surface area contributed by atoms with Crippen LogP contribution in [0.4, 0.5) is 0 Å². The van der Waals surface area contributed by atoms with E-state index in [1.54, 1.807) is 22.9 Å². The number of fused-ring (bicyclic) bond motifs is 1. The van der Waals surface area contributed by atoms with Gasteiger partial charge in [0, 0.05) is 39.6 Å². The van der Waals surface area contributed by atoms with E-state index in [0.717, 1.165) is 39.1 Å². The molecular formula is C30H26N4O3. The van der Waals surface area contributed by atoms with E-state index in [2.05, 4.69) is 46.3 Å². The molecule has 2 heterocycles. The van der Waals surface area contributed by atoms with Crippen LogP contribution < -0.4 is 5.43 Å². The molecule has 1 amide bonds. The summed E-state index contributed by atoms with van der Waals surface area (Å²) in [6.45, 7) is 2.15. The van der Waals surface area contributed by atoms with E-state index in [1.165, 1.54) is 7.11 Å². The third-order valence-electron chi connectivity index (χ3n) is 6.25. The van der Waals surface area contributed by atoms with E-state index < -0.39 is 0 Å². The molecule has 0 fully saturated rings. The van der Waals surface area contributed by atoms with Gasteiger partial charge < -0.3 is 13.9 Å². The van der Waals surface area contributed by atoms with Crippen molar-refractivity contribution in [3.05, 3.63) is 114 Å². The van der Waals surface area contributed by atoms with Gasteiger partial charge in [0.05, 0.1) is 19.0 Å². The number of amides is 1. The summed E-state index contributed by atoms with van der Waals surface area (Å²) in [7, 11) is 1.36. The molecule has 0 radical (unpaired) electrons. The Kier molecular flexibility index (Phi) is 6.68. The summed E-state index contributed by atoms with van der Waals surface area (Å²) in [4.78, 5) is 24.5. The lowest BCUT2D eigenvalue weighted by atomic mass is 10.1. The third-order valence-corrected chi connectivity index (χ3v) is 6.25. The first-order valence-electron chi connectivity index (χ1n) is 11.9. The van der Waals surface area contributed by atoms with Crippen LogP contribution in [0.3, 0.4) is 0 Å². The van der Waals surface area contributed by atoms with Crippen LogP contribution in [0.25, 0.3) is 27.8 Å². The van der Waals surface area contributed by atoms with Crippen LogP contribution in [0, 0.1) is 6.92 Å². The van der Waals surface area contributed by atoms with E-state index in [0.29, 0.717) is 5.56 Å². The number of rotatable bonds is 7. The monoisotopic (exact) mass is 490 g/mol. The van der Waals surface area contributed by atoms with Gasteiger partial charge in [-0.2, -0.15) is 5.10 Å². The Hall–Kier alpha value is -4.91. The van der Waals surface area contributed by atoms with E-state index in [1.807, 2.05) is 60.8 Å². The summed E-state index contributed by atoms with van der Waals surface area (Å²) in [5.74, 6) is -0.652. The van der Waals surface area contributed by atoms with Crippen LogP contribution in [-0.2, 0) is 16.1 Å². The number of aryl methyl sites for hydroxylation is 1. The number of nitrogens with one attached hydrogen (secondary N) is 1. The molecule has 0 spiro atoms. The smallest absolute Gasteiger partial charge is 0.325 e. The van der Waals surface area contributed by atoms with Crippen molar-refractivity contribution < 1.29 is 14.3 Å². The van der Waals surface area contributed by atoms with Crippen LogP contribution in [0.1, 0.15) is 21.6 Å².